The van der Waals surface area contributed by atoms with Gasteiger partial charge >= 0.3 is 12.3 Å². The molecule has 0 heterocycles. The number of rotatable bonds is 8. The maximum Gasteiger partial charge on any atom is 0.417 e. The van der Waals surface area contributed by atoms with Crippen LogP contribution in [-0.4, -0.2) is 23.6 Å². The smallest absolute Gasteiger partial charge is 0.417 e. The molecule has 3 aromatic carbocycles. The number of hydrogen-bond donors (Lipinski definition) is 2. The number of hydrogen-bond acceptors (Lipinski definition) is 4. The Morgan fingerprint density at radius 3 is 2.05 bits per heavy atom. The Labute approximate surface area is 218 Å². The Bertz CT molecular complexity index is 1200. The van der Waals surface area contributed by atoms with Crippen molar-refractivity contribution in [2.45, 2.75) is 55.7 Å². The number of halogens is 3. The molecule has 3 aromatic rings. The summed E-state index contributed by atoms with van der Waals surface area (Å²) in [4.78, 5) is 25.5. The minimum absolute atomic E-state index is 0.0227. The molecule has 0 aliphatic rings. The number of thioether (sulfide) groups is 1. The van der Waals surface area contributed by atoms with Gasteiger partial charge < -0.3 is 15.4 Å². The van der Waals surface area contributed by atoms with E-state index in [-0.39, 0.29) is 17.0 Å². The van der Waals surface area contributed by atoms with Crippen LogP contribution in [0.2, 0.25) is 0 Å². The van der Waals surface area contributed by atoms with E-state index >= 15 is 0 Å². The molecule has 3 rings (SSSR count). The van der Waals surface area contributed by atoms with Crippen molar-refractivity contribution in [1.29, 1.82) is 0 Å². The molecule has 0 aliphatic carbocycles. The molecule has 0 aromatic heterocycles. The van der Waals surface area contributed by atoms with Gasteiger partial charge in [0.2, 0.25) is 5.91 Å². The fraction of sp³-hybridized carbons (Fsp3) is 0.286. The first-order valence-corrected chi connectivity index (χ1v) is 12.6. The molecule has 0 saturated heterocycles. The molecule has 37 heavy (non-hydrogen) atoms. The number of nitrogens with one attached hydrogen (secondary N) is 2. The molecule has 0 fully saturated rings. The summed E-state index contributed by atoms with van der Waals surface area (Å²) in [6.45, 7) is 5.07. The van der Waals surface area contributed by atoms with E-state index in [1.807, 2.05) is 36.4 Å². The van der Waals surface area contributed by atoms with E-state index in [0.717, 1.165) is 29.0 Å². The number of alkyl halides is 3. The molecule has 2 N–H and O–H groups in total. The highest BCUT2D eigenvalue weighted by molar-refractivity contribution is 7.98. The molecule has 0 saturated carbocycles. The Hall–Kier alpha value is -3.46. The molecular weight excluding hydrogens is 501 g/mol. The van der Waals surface area contributed by atoms with Crippen LogP contribution in [0.5, 0.6) is 0 Å². The largest absolute Gasteiger partial charge is 0.444 e. The molecular formula is C28H29F3N2O3S. The fourth-order valence-electron chi connectivity index (χ4n) is 3.43. The fourth-order valence-corrected chi connectivity index (χ4v) is 4.44. The number of alkyl carbamates (subject to hydrolysis) is 1. The molecule has 0 aliphatic heterocycles. The normalized spacial score (nSPS) is 12.5. The van der Waals surface area contributed by atoms with Crippen molar-refractivity contribution in [1.82, 2.24) is 5.32 Å². The molecule has 0 unspecified atom stereocenters. The Balaban J connectivity index is 1.79. The van der Waals surface area contributed by atoms with Gasteiger partial charge in [0.15, 0.2) is 0 Å². The van der Waals surface area contributed by atoms with Crippen LogP contribution in [0.1, 0.15) is 37.5 Å². The summed E-state index contributed by atoms with van der Waals surface area (Å²) in [5.74, 6) is -0.290. The van der Waals surface area contributed by atoms with Crippen LogP contribution in [0.15, 0.2) is 83.8 Å². The van der Waals surface area contributed by atoms with Crippen molar-refractivity contribution >= 4 is 29.4 Å². The Morgan fingerprint density at radius 2 is 1.49 bits per heavy atom. The highest BCUT2D eigenvalue weighted by atomic mass is 32.2. The first kappa shape index (κ1) is 28.1. The summed E-state index contributed by atoms with van der Waals surface area (Å²) < 4.78 is 46.9. The van der Waals surface area contributed by atoms with E-state index in [1.54, 1.807) is 45.0 Å². The van der Waals surface area contributed by atoms with Crippen molar-refractivity contribution in [3.63, 3.8) is 0 Å². The molecule has 196 valence electrons. The number of amides is 2. The topological polar surface area (TPSA) is 67.4 Å². The number of carbonyl (C=O) groups is 2. The summed E-state index contributed by atoms with van der Waals surface area (Å²) >= 11 is 1.07. The third-order valence-electron chi connectivity index (χ3n) is 5.08. The zero-order chi connectivity index (χ0) is 27.1. The van der Waals surface area contributed by atoms with Gasteiger partial charge in [0.25, 0.3) is 0 Å². The van der Waals surface area contributed by atoms with E-state index in [2.05, 4.69) is 10.6 Å². The first-order valence-electron chi connectivity index (χ1n) is 11.6. The van der Waals surface area contributed by atoms with Crippen molar-refractivity contribution in [3.8, 4) is 0 Å². The van der Waals surface area contributed by atoms with Crippen LogP contribution in [0.4, 0.5) is 23.7 Å². The number of ether oxygens (including phenoxy) is 1. The second-order valence-corrected chi connectivity index (χ2v) is 10.4. The Kier molecular flexibility index (Phi) is 9.26. The van der Waals surface area contributed by atoms with Gasteiger partial charge in [0.1, 0.15) is 11.6 Å². The quantitative estimate of drug-likeness (QED) is 0.306. The molecule has 0 bridgehead atoms. The van der Waals surface area contributed by atoms with Gasteiger partial charge in [-0.2, -0.15) is 13.2 Å². The molecule has 5 nitrogen and oxygen atoms in total. The van der Waals surface area contributed by atoms with E-state index in [0.29, 0.717) is 5.75 Å². The zero-order valence-corrected chi connectivity index (χ0v) is 21.6. The zero-order valence-electron chi connectivity index (χ0n) is 20.8. The lowest BCUT2D eigenvalue weighted by Crippen LogP contribution is -2.47. The van der Waals surface area contributed by atoms with Crippen LogP contribution >= 0.6 is 11.8 Å². The standard InChI is InChI=1S/C28H29F3N2O3S/c1-27(2,3)36-26(35)33-23(16-19-10-6-4-7-11-19)25(34)32-21-14-15-24(22(17-21)28(29,30)31)37-18-20-12-8-5-9-13-20/h4-15,17,23H,16,18H2,1-3H3,(H,32,34)(H,33,35)/t23-/m0/s1. The van der Waals surface area contributed by atoms with E-state index < -0.39 is 35.4 Å². The van der Waals surface area contributed by atoms with Crippen molar-refractivity contribution < 1.29 is 27.5 Å². The van der Waals surface area contributed by atoms with Crippen LogP contribution in [0, 0.1) is 0 Å². The second-order valence-electron chi connectivity index (χ2n) is 9.36. The molecule has 0 radical (unpaired) electrons. The molecule has 2 amide bonds. The maximum absolute atomic E-state index is 13.9. The third-order valence-corrected chi connectivity index (χ3v) is 6.22. The number of benzene rings is 3. The Morgan fingerprint density at radius 1 is 0.892 bits per heavy atom. The van der Waals surface area contributed by atoms with Crippen molar-refractivity contribution in [3.05, 3.63) is 95.6 Å². The first-order chi connectivity index (χ1) is 17.4. The van der Waals surface area contributed by atoms with Gasteiger partial charge in [-0.1, -0.05) is 60.7 Å². The minimum Gasteiger partial charge on any atom is -0.444 e. The van der Waals surface area contributed by atoms with Gasteiger partial charge in [0.05, 0.1) is 5.56 Å². The highest BCUT2D eigenvalue weighted by Gasteiger charge is 2.34. The molecule has 0 spiro atoms. The maximum atomic E-state index is 13.9. The van der Waals surface area contributed by atoms with Gasteiger partial charge in [-0.05, 0) is 50.1 Å². The van der Waals surface area contributed by atoms with E-state index in [4.69, 9.17) is 4.74 Å². The average molecular weight is 531 g/mol. The number of anilines is 1. The average Bonchev–Trinajstić information content (AvgIpc) is 2.82. The monoisotopic (exact) mass is 530 g/mol. The summed E-state index contributed by atoms with van der Waals surface area (Å²) in [5.41, 5.74) is 0.0147. The van der Waals surface area contributed by atoms with E-state index in [9.17, 15) is 22.8 Å². The van der Waals surface area contributed by atoms with Gasteiger partial charge in [0, 0.05) is 22.8 Å². The highest BCUT2D eigenvalue weighted by Crippen LogP contribution is 2.39. The minimum atomic E-state index is -4.61. The predicted molar refractivity (Wildman–Crippen MR) is 139 cm³/mol. The second kappa shape index (κ2) is 12.2. The van der Waals surface area contributed by atoms with E-state index in [1.165, 1.54) is 12.1 Å². The summed E-state index contributed by atoms with van der Waals surface area (Å²) in [6, 6.07) is 20.8. The van der Waals surface area contributed by atoms with Crippen LogP contribution < -0.4 is 10.6 Å². The summed E-state index contributed by atoms with van der Waals surface area (Å²) in [5, 5.41) is 5.06. The summed E-state index contributed by atoms with van der Waals surface area (Å²) in [6.07, 6.45) is -5.28. The predicted octanol–water partition coefficient (Wildman–Crippen LogP) is 7.07. The molecule has 1 atom stereocenters. The molecule has 9 heteroatoms. The van der Waals surface area contributed by atoms with Gasteiger partial charge in [-0.3, -0.25) is 4.79 Å². The van der Waals surface area contributed by atoms with Crippen LogP contribution in [0.25, 0.3) is 0 Å². The van der Waals surface area contributed by atoms with Crippen LogP contribution in [0.3, 0.4) is 0 Å². The third kappa shape index (κ3) is 9.17. The lowest BCUT2D eigenvalue weighted by molar-refractivity contribution is -0.139. The van der Waals surface area contributed by atoms with Gasteiger partial charge in [-0.25, -0.2) is 4.79 Å². The van der Waals surface area contributed by atoms with Gasteiger partial charge in [-0.15, -0.1) is 11.8 Å². The lowest BCUT2D eigenvalue weighted by atomic mass is 10.1. The van der Waals surface area contributed by atoms with Crippen molar-refractivity contribution in [2.75, 3.05) is 5.32 Å². The lowest BCUT2D eigenvalue weighted by Gasteiger charge is -2.23. The summed E-state index contributed by atoms with van der Waals surface area (Å²) in [7, 11) is 0. The van der Waals surface area contributed by atoms with Crippen LogP contribution in [-0.2, 0) is 27.9 Å². The number of carbonyl (C=O) groups excluding carboxylic acids is 2. The SMILES string of the molecule is CC(C)(C)OC(=O)N[C@@H](Cc1ccccc1)C(=O)Nc1ccc(SCc2ccccc2)c(C(F)(F)F)c1. The van der Waals surface area contributed by atoms with Crippen molar-refractivity contribution in [2.24, 2.45) is 0 Å².